The fraction of sp³-hybridized carbons (Fsp3) is 0.562. The molecule has 0 aliphatic carbocycles. The van der Waals surface area contributed by atoms with Crippen LogP contribution >= 0.6 is 0 Å². The lowest BCUT2D eigenvalue weighted by molar-refractivity contribution is 0.0903. The van der Waals surface area contributed by atoms with Crippen molar-refractivity contribution < 1.29 is 4.74 Å². The van der Waals surface area contributed by atoms with Gasteiger partial charge in [0.1, 0.15) is 0 Å². The molecule has 114 valence electrons. The second-order valence-corrected chi connectivity index (χ2v) is 5.71. The van der Waals surface area contributed by atoms with Crippen molar-refractivity contribution >= 4 is 0 Å². The van der Waals surface area contributed by atoms with Crippen LogP contribution in [0.3, 0.4) is 0 Å². The van der Waals surface area contributed by atoms with E-state index < -0.39 is 0 Å². The third-order valence-electron chi connectivity index (χ3n) is 4.28. The van der Waals surface area contributed by atoms with Gasteiger partial charge in [0.2, 0.25) is 0 Å². The highest BCUT2D eigenvalue weighted by Gasteiger charge is 2.30. The van der Waals surface area contributed by atoms with E-state index in [1.165, 1.54) is 11.3 Å². The number of hydrogen-bond donors (Lipinski definition) is 1. The van der Waals surface area contributed by atoms with Crippen LogP contribution in [0.4, 0.5) is 0 Å². The number of aromatic nitrogens is 3. The predicted octanol–water partition coefficient (Wildman–Crippen LogP) is 2.11. The fourth-order valence-electron chi connectivity index (χ4n) is 2.98. The molecule has 1 fully saturated rings. The lowest BCUT2D eigenvalue weighted by Crippen LogP contribution is -2.25. The Kier molecular flexibility index (Phi) is 4.41. The third kappa shape index (κ3) is 3.19. The van der Waals surface area contributed by atoms with Gasteiger partial charge in [-0.3, -0.25) is 4.68 Å². The maximum atomic E-state index is 5.92. The van der Waals surface area contributed by atoms with Gasteiger partial charge in [-0.1, -0.05) is 0 Å². The molecular formula is C16H24N4O. The molecule has 0 saturated carbocycles. The van der Waals surface area contributed by atoms with E-state index in [9.17, 15) is 0 Å². The summed E-state index contributed by atoms with van der Waals surface area (Å²) in [6.45, 7) is 5.74. The quantitative estimate of drug-likeness (QED) is 0.885. The van der Waals surface area contributed by atoms with Crippen molar-refractivity contribution in [3.63, 3.8) is 0 Å². The Balaban J connectivity index is 1.55. The second kappa shape index (κ2) is 6.45. The summed E-state index contributed by atoms with van der Waals surface area (Å²) in [7, 11) is 2.08. The molecule has 3 rings (SSSR count). The van der Waals surface area contributed by atoms with Crippen molar-refractivity contribution in [3.8, 4) is 0 Å². The van der Waals surface area contributed by atoms with Crippen molar-refractivity contribution in [1.82, 2.24) is 19.7 Å². The molecule has 3 heterocycles. The Bertz CT molecular complexity index is 574. The Labute approximate surface area is 125 Å². The molecule has 1 aliphatic heterocycles. The molecule has 0 aromatic carbocycles. The highest BCUT2D eigenvalue weighted by Crippen LogP contribution is 2.33. The van der Waals surface area contributed by atoms with E-state index in [0.29, 0.717) is 5.92 Å². The van der Waals surface area contributed by atoms with E-state index in [2.05, 4.69) is 53.5 Å². The molecule has 0 spiro atoms. The van der Waals surface area contributed by atoms with E-state index in [1.54, 1.807) is 0 Å². The van der Waals surface area contributed by atoms with E-state index in [0.717, 1.165) is 32.7 Å². The van der Waals surface area contributed by atoms with E-state index in [1.807, 2.05) is 10.9 Å². The van der Waals surface area contributed by atoms with Crippen LogP contribution in [0.2, 0.25) is 0 Å². The average Bonchev–Trinajstić information content (AvgIpc) is 3.20. The number of rotatable bonds is 6. The summed E-state index contributed by atoms with van der Waals surface area (Å²) in [6, 6.07) is 4.23. The average molecular weight is 288 g/mol. The molecule has 1 aliphatic rings. The molecule has 1 N–H and O–H groups in total. The van der Waals surface area contributed by atoms with Gasteiger partial charge >= 0.3 is 0 Å². The molecule has 1 saturated heterocycles. The van der Waals surface area contributed by atoms with Crippen molar-refractivity contribution in [2.45, 2.75) is 32.5 Å². The van der Waals surface area contributed by atoms with Gasteiger partial charge in [-0.05, 0) is 25.5 Å². The molecule has 0 amide bonds. The van der Waals surface area contributed by atoms with Gasteiger partial charge in [0.15, 0.2) is 0 Å². The van der Waals surface area contributed by atoms with E-state index >= 15 is 0 Å². The monoisotopic (exact) mass is 288 g/mol. The number of nitrogens with one attached hydrogen (secondary N) is 1. The summed E-state index contributed by atoms with van der Waals surface area (Å²) in [4.78, 5) is 0. The zero-order valence-corrected chi connectivity index (χ0v) is 12.8. The van der Waals surface area contributed by atoms with Crippen molar-refractivity contribution in [1.29, 1.82) is 0 Å². The van der Waals surface area contributed by atoms with Crippen LogP contribution < -0.4 is 5.32 Å². The molecule has 21 heavy (non-hydrogen) atoms. The van der Waals surface area contributed by atoms with Crippen molar-refractivity contribution in [2.24, 2.45) is 13.0 Å². The minimum Gasteiger partial charge on any atom is -0.373 e. The summed E-state index contributed by atoms with van der Waals surface area (Å²) in [5.41, 5.74) is 2.52. The van der Waals surface area contributed by atoms with Crippen molar-refractivity contribution in [3.05, 3.63) is 42.0 Å². The minimum atomic E-state index is 0.186. The van der Waals surface area contributed by atoms with Gasteiger partial charge in [0.25, 0.3) is 0 Å². The Morgan fingerprint density at radius 1 is 1.48 bits per heavy atom. The molecule has 2 atom stereocenters. The van der Waals surface area contributed by atoms with Gasteiger partial charge in [-0.25, -0.2) is 0 Å². The second-order valence-electron chi connectivity index (χ2n) is 5.71. The largest absolute Gasteiger partial charge is 0.373 e. The van der Waals surface area contributed by atoms with Crippen LogP contribution in [0.5, 0.6) is 0 Å². The van der Waals surface area contributed by atoms with Crippen LogP contribution in [0.1, 0.15) is 30.7 Å². The lowest BCUT2D eigenvalue weighted by Gasteiger charge is -2.18. The molecular weight excluding hydrogens is 264 g/mol. The summed E-state index contributed by atoms with van der Waals surface area (Å²) in [6.07, 6.45) is 7.44. The number of nitrogens with zero attached hydrogens (tertiary/aromatic N) is 3. The Morgan fingerprint density at radius 2 is 2.38 bits per heavy atom. The van der Waals surface area contributed by atoms with Crippen molar-refractivity contribution in [2.75, 3.05) is 13.2 Å². The van der Waals surface area contributed by atoms with Gasteiger partial charge in [-0.15, -0.1) is 0 Å². The smallest absolute Gasteiger partial charge is 0.0896 e. The maximum Gasteiger partial charge on any atom is 0.0896 e. The van der Waals surface area contributed by atoms with Gasteiger partial charge in [0.05, 0.1) is 12.3 Å². The van der Waals surface area contributed by atoms with E-state index in [4.69, 9.17) is 4.74 Å². The maximum absolute atomic E-state index is 5.92. The zero-order valence-electron chi connectivity index (χ0n) is 12.8. The molecule has 2 aromatic heterocycles. The standard InChI is InChI=1S/C16H24N4O/c1-3-20-12-14(10-18-20)16-13(6-8-21-16)9-17-11-15-5-4-7-19(15)2/h4-5,7,10,12-13,16-17H,3,6,8-9,11H2,1-2H3/t13-,16+/m0/s1. The topological polar surface area (TPSA) is 44.0 Å². The van der Waals surface area contributed by atoms with Crippen LogP contribution in [-0.2, 0) is 24.9 Å². The highest BCUT2D eigenvalue weighted by atomic mass is 16.5. The van der Waals surface area contributed by atoms with Crippen LogP contribution in [0.25, 0.3) is 0 Å². The molecule has 0 bridgehead atoms. The highest BCUT2D eigenvalue weighted by molar-refractivity contribution is 5.11. The first-order valence-corrected chi connectivity index (χ1v) is 7.72. The first kappa shape index (κ1) is 14.4. The summed E-state index contributed by atoms with van der Waals surface area (Å²) in [5, 5.41) is 7.92. The molecule has 5 nitrogen and oxygen atoms in total. The lowest BCUT2D eigenvalue weighted by atomic mass is 9.97. The summed E-state index contributed by atoms with van der Waals surface area (Å²) in [5.74, 6) is 0.528. The van der Waals surface area contributed by atoms with Crippen LogP contribution in [0.15, 0.2) is 30.7 Å². The Morgan fingerprint density at radius 3 is 3.10 bits per heavy atom. The Hall–Kier alpha value is -1.59. The third-order valence-corrected chi connectivity index (χ3v) is 4.28. The first-order chi connectivity index (χ1) is 10.3. The molecule has 2 aromatic rings. The van der Waals surface area contributed by atoms with Crippen LogP contribution in [0, 0.1) is 5.92 Å². The fourth-order valence-corrected chi connectivity index (χ4v) is 2.98. The number of hydrogen-bond acceptors (Lipinski definition) is 3. The predicted molar refractivity (Wildman–Crippen MR) is 81.8 cm³/mol. The van der Waals surface area contributed by atoms with Gasteiger partial charge < -0.3 is 14.6 Å². The van der Waals surface area contributed by atoms with E-state index in [-0.39, 0.29) is 6.10 Å². The molecule has 0 radical (unpaired) electrons. The molecule has 0 unspecified atom stereocenters. The van der Waals surface area contributed by atoms with Crippen LogP contribution in [-0.4, -0.2) is 27.5 Å². The number of aryl methyl sites for hydroxylation is 2. The minimum absolute atomic E-state index is 0.186. The normalized spacial score (nSPS) is 22.0. The van der Waals surface area contributed by atoms with Gasteiger partial charge in [0, 0.05) is 62.9 Å². The summed E-state index contributed by atoms with van der Waals surface area (Å²) < 4.78 is 10.0. The molecule has 5 heteroatoms. The summed E-state index contributed by atoms with van der Waals surface area (Å²) >= 11 is 0. The SMILES string of the molecule is CCn1cc([C@@H]2OCC[C@H]2CNCc2cccn2C)cn1. The van der Waals surface area contributed by atoms with Gasteiger partial charge in [-0.2, -0.15) is 5.10 Å². The number of ether oxygens (including phenoxy) is 1. The first-order valence-electron chi connectivity index (χ1n) is 7.72. The zero-order chi connectivity index (χ0) is 14.7.